The van der Waals surface area contributed by atoms with Gasteiger partial charge in [-0.05, 0) is 49.4 Å². The number of nitrogens with one attached hydrogen (secondary N) is 2. The monoisotopic (exact) mass is 326 g/mol. The molecular formula is C18H18N2O4. The van der Waals surface area contributed by atoms with Crippen LogP contribution in [0.1, 0.15) is 19.3 Å². The number of benzene rings is 1. The van der Waals surface area contributed by atoms with E-state index in [4.69, 9.17) is 4.42 Å². The Hall–Kier alpha value is -2.89. The Morgan fingerprint density at radius 1 is 1.12 bits per heavy atom. The van der Waals surface area contributed by atoms with E-state index in [-0.39, 0.29) is 0 Å². The molecule has 2 aromatic rings. The van der Waals surface area contributed by atoms with Crippen molar-refractivity contribution in [3.8, 4) is 0 Å². The fourth-order valence-electron chi connectivity index (χ4n) is 2.70. The van der Waals surface area contributed by atoms with Gasteiger partial charge in [0.15, 0.2) is 0 Å². The van der Waals surface area contributed by atoms with Gasteiger partial charge in [0.05, 0.1) is 0 Å². The normalized spacial score (nSPS) is 16.8. The van der Waals surface area contributed by atoms with E-state index < -0.39 is 17.4 Å². The van der Waals surface area contributed by atoms with Crippen LogP contribution < -0.4 is 16.3 Å². The molecule has 2 N–H and O–H groups in total. The van der Waals surface area contributed by atoms with Gasteiger partial charge >= 0.3 is 17.4 Å². The summed E-state index contributed by atoms with van der Waals surface area (Å²) in [5.41, 5.74) is 0.462. The fraction of sp³-hybridized carbons (Fsp3) is 0.278. The van der Waals surface area contributed by atoms with Gasteiger partial charge in [-0.1, -0.05) is 12.2 Å². The molecule has 0 saturated carbocycles. The van der Waals surface area contributed by atoms with Crippen molar-refractivity contribution in [2.24, 2.45) is 5.92 Å². The van der Waals surface area contributed by atoms with Crippen molar-refractivity contribution in [2.45, 2.75) is 19.3 Å². The molecular weight excluding hydrogens is 308 g/mol. The molecule has 1 aliphatic carbocycles. The van der Waals surface area contributed by atoms with Crippen molar-refractivity contribution in [1.82, 2.24) is 5.32 Å². The molecule has 0 radical (unpaired) electrons. The molecule has 0 saturated heterocycles. The number of amides is 2. The van der Waals surface area contributed by atoms with Gasteiger partial charge in [0.2, 0.25) is 0 Å². The molecule has 1 aromatic heterocycles. The van der Waals surface area contributed by atoms with Crippen LogP contribution in [0.3, 0.4) is 0 Å². The summed E-state index contributed by atoms with van der Waals surface area (Å²) in [6.45, 7) is 0.499. The lowest BCUT2D eigenvalue weighted by atomic mass is 9.94. The van der Waals surface area contributed by atoms with Crippen molar-refractivity contribution in [1.29, 1.82) is 0 Å². The highest BCUT2D eigenvalue weighted by molar-refractivity contribution is 6.39. The van der Waals surface area contributed by atoms with E-state index in [1.54, 1.807) is 24.3 Å². The Kier molecular flexibility index (Phi) is 4.74. The minimum atomic E-state index is -0.710. The lowest BCUT2D eigenvalue weighted by Gasteiger charge is -2.17. The zero-order valence-corrected chi connectivity index (χ0v) is 13.1. The minimum Gasteiger partial charge on any atom is -0.423 e. The molecule has 2 amide bonds. The van der Waals surface area contributed by atoms with Crippen molar-refractivity contribution in [3.63, 3.8) is 0 Å². The summed E-state index contributed by atoms with van der Waals surface area (Å²) >= 11 is 0. The van der Waals surface area contributed by atoms with Crippen molar-refractivity contribution in [2.75, 3.05) is 11.9 Å². The van der Waals surface area contributed by atoms with Crippen LogP contribution >= 0.6 is 0 Å². The van der Waals surface area contributed by atoms with E-state index in [0.717, 1.165) is 19.3 Å². The van der Waals surface area contributed by atoms with Crippen LogP contribution in [0.25, 0.3) is 11.0 Å². The number of rotatable bonds is 3. The number of carbonyl (C=O) groups is 2. The van der Waals surface area contributed by atoms with Gasteiger partial charge in [-0.2, -0.15) is 0 Å². The predicted octanol–water partition coefficient (Wildman–Crippen LogP) is 2.20. The maximum atomic E-state index is 12.0. The molecule has 6 heteroatoms. The van der Waals surface area contributed by atoms with E-state index >= 15 is 0 Å². The first-order chi connectivity index (χ1) is 11.6. The Morgan fingerprint density at radius 2 is 2.00 bits per heavy atom. The fourth-order valence-corrected chi connectivity index (χ4v) is 2.70. The highest BCUT2D eigenvalue weighted by Crippen LogP contribution is 2.18. The molecule has 6 nitrogen and oxygen atoms in total. The van der Waals surface area contributed by atoms with Gasteiger partial charge in [-0.15, -0.1) is 0 Å². The van der Waals surface area contributed by atoms with Crippen LogP contribution in [0.2, 0.25) is 0 Å². The van der Waals surface area contributed by atoms with Crippen LogP contribution in [0.4, 0.5) is 5.69 Å². The maximum absolute atomic E-state index is 12.0. The summed E-state index contributed by atoms with van der Waals surface area (Å²) in [6, 6.07) is 7.73. The molecule has 24 heavy (non-hydrogen) atoms. The van der Waals surface area contributed by atoms with Gasteiger partial charge in [0.25, 0.3) is 0 Å². The molecule has 1 unspecified atom stereocenters. The molecule has 3 rings (SSSR count). The molecule has 0 fully saturated rings. The van der Waals surface area contributed by atoms with Gasteiger partial charge in [-0.25, -0.2) is 4.79 Å². The van der Waals surface area contributed by atoms with E-state index in [2.05, 4.69) is 22.8 Å². The van der Waals surface area contributed by atoms with Gasteiger partial charge < -0.3 is 15.1 Å². The Labute approximate surface area is 138 Å². The third kappa shape index (κ3) is 3.90. The summed E-state index contributed by atoms with van der Waals surface area (Å²) in [7, 11) is 0. The Bertz CT molecular complexity index is 853. The van der Waals surface area contributed by atoms with E-state index in [1.165, 1.54) is 6.07 Å². The zero-order valence-electron chi connectivity index (χ0n) is 13.1. The summed E-state index contributed by atoms with van der Waals surface area (Å²) in [5.74, 6) is -0.974. The van der Waals surface area contributed by atoms with Crippen molar-refractivity contribution >= 4 is 28.5 Å². The minimum absolute atomic E-state index is 0.385. The summed E-state index contributed by atoms with van der Waals surface area (Å²) < 4.78 is 5.02. The van der Waals surface area contributed by atoms with Crippen LogP contribution in [0, 0.1) is 5.92 Å². The van der Waals surface area contributed by atoms with E-state index in [0.29, 0.717) is 29.1 Å². The number of hydrogen-bond acceptors (Lipinski definition) is 4. The van der Waals surface area contributed by atoms with E-state index in [1.807, 2.05) is 0 Å². The van der Waals surface area contributed by atoms with Gasteiger partial charge in [0.1, 0.15) is 5.58 Å². The number of hydrogen-bond donors (Lipinski definition) is 2. The number of allylic oxidation sites excluding steroid dienone is 2. The first-order valence-corrected chi connectivity index (χ1v) is 7.90. The highest BCUT2D eigenvalue weighted by Gasteiger charge is 2.16. The van der Waals surface area contributed by atoms with Gasteiger partial charge in [0, 0.05) is 23.7 Å². The number of anilines is 1. The topological polar surface area (TPSA) is 88.4 Å². The van der Waals surface area contributed by atoms with Crippen molar-refractivity contribution < 1.29 is 14.0 Å². The lowest BCUT2D eigenvalue weighted by Crippen LogP contribution is -2.38. The first-order valence-electron chi connectivity index (χ1n) is 7.90. The average Bonchev–Trinajstić information content (AvgIpc) is 2.60. The van der Waals surface area contributed by atoms with Crippen LogP contribution in [0.15, 0.2) is 51.7 Å². The lowest BCUT2D eigenvalue weighted by molar-refractivity contribution is -0.136. The highest BCUT2D eigenvalue weighted by atomic mass is 16.4. The molecule has 0 bridgehead atoms. The van der Waals surface area contributed by atoms with Crippen LogP contribution in [-0.4, -0.2) is 18.4 Å². The Balaban J connectivity index is 1.59. The largest absolute Gasteiger partial charge is 0.423 e. The summed E-state index contributed by atoms with van der Waals surface area (Å²) in [6.07, 6.45) is 7.20. The zero-order chi connectivity index (χ0) is 16.9. The first kappa shape index (κ1) is 16.0. The number of carbonyl (C=O) groups excluding carboxylic acids is 2. The second-order valence-electron chi connectivity index (χ2n) is 5.82. The average molecular weight is 326 g/mol. The molecule has 1 aromatic carbocycles. The number of fused-ring (bicyclic) bond motifs is 1. The van der Waals surface area contributed by atoms with Gasteiger partial charge in [-0.3, -0.25) is 9.59 Å². The Morgan fingerprint density at radius 3 is 2.79 bits per heavy atom. The summed E-state index contributed by atoms with van der Waals surface area (Å²) in [4.78, 5) is 35.0. The second-order valence-corrected chi connectivity index (χ2v) is 5.82. The molecule has 1 aliphatic rings. The third-order valence-electron chi connectivity index (χ3n) is 4.01. The van der Waals surface area contributed by atoms with Crippen molar-refractivity contribution in [3.05, 3.63) is 52.9 Å². The third-order valence-corrected chi connectivity index (χ3v) is 4.01. The standard InChI is InChI=1S/C18H18N2O4/c21-16-9-6-13-10-14(7-8-15(13)24-16)20-18(23)17(22)19-11-12-4-2-1-3-5-12/h1-2,6-10,12H,3-5,11H2,(H,19,22)(H,20,23). The summed E-state index contributed by atoms with van der Waals surface area (Å²) in [5, 5.41) is 5.89. The molecule has 124 valence electrons. The molecule has 0 spiro atoms. The van der Waals surface area contributed by atoms with Crippen LogP contribution in [-0.2, 0) is 9.59 Å². The van der Waals surface area contributed by atoms with Crippen LogP contribution in [0.5, 0.6) is 0 Å². The predicted molar refractivity (Wildman–Crippen MR) is 90.6 cm³/mol. The maximum Gasteiger partial charge on any atom is 0.336 e. The second kappa shape index (κ2) is 7.12. The SMILES string of the molecule is O=C(NCC1CC=CCC1)C(=O)Nc1ccc2oc(=O)ccc2c1. The molecule has 0 aliphatic heterocycles. The smallest absolute Gasteiger partial charge is 0.336 e. The quantitative estimate of drug-likeness (QED) is 0.514. The van der Waals surface area contributed by atoms with E-state index in [9.17, 15) is 14.4 Å². The molecule has 1 atom stereocenters. The molecule has 1 heterocycles.